The highest BCUT2D eigenvalue weighted by Gasteiger charge is 2.28. The van der Waals surface area contributed by atoms with E-state index in [0.29, 0.717) is 34.3 Å². The molecule has 1 aromatic heterocycles. The van der Waals surface area contributed by atoms with Crippen molar-refractivity contribution in [3.63, 3.8) is 0 Å². The van der Waals surface area contributed by atoms with Gasteiger partial charge in [-0.05, 0) is 53.2 Å². The highest BCUT2D eigenvalue weighted by molar-refractivity contribution is 5.93. The third kappa shape index (κ3) is 2.84. The van der Waals surface area contributed by atoms with E-state index < -0.39 is 5.97 Å². The van der Waals surface area contributed by atoms with Gasteiger partial charge in [-0.3, -0.25) is 4.79 Å². The van der Waals surface area contributed by atoms with Gasteiger partial charge in [-0.25, -0.2) is 0 Å². The van der Waals surface area contributed by atoms with Gasteiger partial charge in [-0.1, -0.05) is 24.3 Å². The number of hydrogen-bond acceptors (Lipinski definition) is 5. The van der Waals surface area contributed by atoms with Gasteiger partial charge in [0.05, 0.1) is 11.4 Å². The van der Waals surface area contributed by atoms with Gasteiger partial charge in [0.15, 0.2) is 28.8 Å². The second kappa shape index (κ2) is 6.67. The zero-order valence-electron chi connectivity index (χ0n) is 16.6. The first kappa shape index (κ1) is 17.7. The molecular weight excluding hydrogens is 394 g/mol. The monoisotopic (exact) mass is 411 g/mol. The standard InChI is InChI=1S/C25H17NO5/c1-15(27)30-25-19-7-4-10-26(19)20-11-16-5-2-3-6-17(16)12-22(20)31-24(25)18-8-9-21-23(13-18)29-14-28-21/h2-13H,14H2,1H3. The maximum absolute atomic E-state index is 12.0. The lowest BCUT2D eigenvalue weighted by Crippen LogP contribution is -2.06. The summed E-state index contributed by atoms with van der Waals surface area (Å²) in [5.74, 6) is 2.29. The number of rotatable bonds is 2. The van der Waals surface area contributed by atoms with Gasteiger partial charge in [0.2, 0.25) is 6.79 Å². The number of nitrogens with zero attached hydrogens (tertiary/aromatic N) is 1. The quantitative estimate of drug-likeness (QED) is 0.428. The van der Waals surface area contributed by atoms with Crippen molar-refractivity contribution >= 4 is 28.3 Å². The van der Waals surface area contributed by atoms with Crippen LogP contribution >= 0.6 is 0 Å². The average Bonchev–Trinajstić information content (AvgIpc) is 3.42. The van der Waals surface area contributed by atoms with E-state index in [1.807, 2.05) is 65.4 Å². The lowest BCUT2D eigenvalue weighted by atomic mass is 10.1. The average molecular weight is 411 g/mol. The summed E-state index contributed by atoms with van der Waals surface area (Å²) in [6.07, 6.45) is 1.93. The number of esters is 1. The Bertz CT molecular complexity index is 1400. The van der Waals surface area contributed by atoms with Crippen molar-refractivity contribution in [3.8, 4) is 22.9 Å². The van der Waals surface area contributed by atoms with Crippen LogP contribution in [-0.4, -0.2) is 17.3 Å². The van der Waals surface area contributed by atoms with Gasteiger partial charge in [0.1, 0.15) is 0 Å². The fraction of sp³-hybridized carbons (Fsp3) is 0.0800. The van der Waals surface area contributed by atoms with Crippen molar-refractivity contribution in [2.75, 3.05) is 6.79 Å². The fourth-order valence-electron chi connectivity index (χ4n) is 4.00. The molecule has 0 spiro atoms. The summed E-state index contributed by atoms with van der Waals surface area (Å²) >= 11 is 0. The van der Waals surface area contributed by atoms with Crippen molar-refractivity contribution in [1.29, 1.82) is 0 Å². The Morgan fingerprint density at radius 1 is 0.903 bits per heavy atom. The molecule has 0 atom stereocenters. The van der Waals surface area contributed by atoms with Gasteiger partial charge in [-0.2, -0.15) is 0 Å². The van der Waals surface area contributed by atoms with Crippen LogP contribution in [0.25, 0.3) is 28.0 Å². The SMILES string of the molecule is CC(=O)OC1=C(c2ccc3c(c2)OCO3)Oc2cc3ccccc3cc2-n2cccc21. The Hall–Kier alpha value is -4.19. The molecule has 6 nitrogen and oxygen atoms in total. The van der Waals surface area contributed by atoms with Crippen LogP contribution in [0, 0.1) is 0 Å². The molecule has 6 rings (SSSR count). The summed E-state index contributed by atoms with van der Waals surface area (Å²) in [6, 6.07) is 21.5. The van der Waals surface area contributed by atoms with Crippen LogP contribution in [0.2, 0.25) is 0 Å². The molecule has 3 heterocycles. The topological polar surface area (TPSA) is 58.9 Å². The molecule has 0 aliphatic carbocycles. The zero-order chi connectivity index (χ0) is 20.9. The molecule has 0 saturated carbocycles. The normalized spacial score (nSPS) is 14.0. The minimum atomic E-state index is -0.430. The number of benzene rings is 3. The van der Waals surface area contributed by atoms with E-state index >= 15 is 0 Å². The minimum absolute atomic E-state index is 0.174. The van der Waals surface area contributed by atoms with E-state index in [0.717, 1.165) is 22.2 Å². The number of ether oxygens (including phenoxy) is 4. The summed E-state index contributed by atoms with van der Waals surface area (Å²) < 4.78 is 25.1. The van der Waals surface area contributed by atoms with Gasteiger partial charge < -0.3 is 23.5 Å². The molecule has 0 unspecified atom stereocenters. The van der Waals surface area contributed by atoms with Crippen LogP contribution in [0.15, 0.2) is 72.9 Å². The molecule has 0 radical (unpaired) electrons. The molecule has 0 fully saturated rings. The van der Waals surface area contributed by atoms with Crippen LogP contribution < -0.4 is 14.2 Å². The van der Waals surface area contributed by atoms with Crippen molar-refractivity contribution < 1.29 is 23.7 Å². The van der Waals surface area contributed by atoms with E-state index in [1.165, 1.54) is 6.92 Å². The molecule has 0 amide bonds. The largest absolute Gasteiger partial charge is 0.454 e. The van der Waals surface area contributed by atoms with Crippen molar-refractivity contribution in [1.82, 2.24) is 4.57 Å². The Kier molecular flexibility index (Phi) is 3.80. The van der Waals surface area contributed by atoms with E-state index in [1.54, 1.807) is 0 Å². The molecule has 4 aromatic rings. The first-order valence-corrected chi connectivity index (χ1v) is 9.89. The summed E-state index contributed by atoms with van der Waals surface area (Å²) in [7, 11) is 0. The maximum Gasteiger partial charge on any atom is 0.308 e. The van der Waals surface area contributed by atoms with Crippen LogP contribution in [0.1, 0.15) is 18.2 Å². The molecule has 0 N–H and O–H groups in total. The van der Waals surface area contributed by atoms with Gasteiger partial charge in [0, 0.05) is 18.7 Å². The molecule has 152 valence electrons. The van der Waals surface area contributed by atoms with Gasteiger partial charge >= 0.3 is 5.97 Å². The number of carbonyl (C=O) groups excluding carboxylic acids is 1. The summed E-state index contributed by atoms with van der Waals surface area (Å²) in [5.41, 5.74) is 2.30. The molecule has 2 aliphatic rings. The van der Waals surface area contributed by atoms with Gasteiger partial charge in [-0.15, -0.1) is 0 Å². The van der Waals surface area contributed by atoms with Crippen LogP contribution in [0.5, 0.6) is 17.2 Å². The highest BCUT2D eigenvalue weighted by atomic mass is 16.7. The fourth-order valence-corrected chi connectivity index (χ4v) is 4.00. The molecule has 3 aromatic carbocycles. The molecule has 0 saturated heterocycles. The van der Waals surface area contributed by atoms with Gasteiger partial charge in [0.25, 0.3) is 0 Å². The zero-order valence-corrected chi connectivity index (χ0v) is 16.6. The maximum atomic E-state index is 12.0. The smallest absolute Gasteiger partial charge is 0.308 e. The molecule has 31 heavy (non-hydrogen) atoms. The predicted molar refractivity (Wildman–Crippen MR) is 115 cm³/mol. The highest BCUT2D eigenvalue weighted by Crippen LogP contribution is 2.42. The third-order valence-corrected chi connectivity index (χ3v) is 5.37. The molecular formula is C25H17NO5. The van der Waals surface area contributed by atoms with E-state index in [4.69, 9.17) is 18.9 Å². The Labute approximate surface area is 177 Å². The van der Waals surface area contributed by atoms with Crippen molar-refractivity contribution in [2.24, 2.45) is 0 Å². The molecule has 6 heteroatoms. The first-order valence-electron chi connectivity index (χ1n) is 9.89. The van der Waals surface area contributed by atoms with E-state index in [2.05, 4.69) is 12.1 Å². The summed E-state index contributed by atoms with van der Waals surface area (Å²) in [6.45, 7) is 1.55. The third-order valence-electron chi connectivity index (χ3n) is 5.37. The van der Waals surface area contributed by atoms with Crippen molar-refractivity contribution in [3.05, 3.63) is 84.2 Å². The summed E-state index contributed by atoms with van der Waals surface area (Å²) in [4.78, 5) is 12.0. The van der Waals surface area contributed by atoms with Crippen LogP contribution in [0.4, 0.5) is 0 Å². The minimum Gasteiger partial charge on any atom is -0.454 e. The Morgan fingerprint density at radius 3 is 2.55 bits per heavy atom. The second-order valence-electron chi connectivity index (χ2n) is 7.35. The Balaban J connectivity index is 1.63. The molecule has 2 aliphatic heterocycles. The van der Waals surface area contributed by atoms with Crippen LogP contribution in [-0.2, 0) is 9.53 Å². The first-order chi connectivity index (χ1) is 15.2. The number of aromatic nitrogens is 1. The van der Waals surface area contributed by atoms with Crippen molar-refractivity contribution in [2.45, 2.75) is 6.92 Å². The Morgan fingerprint density at radius 2 is 1.71 bits per heavy atom. The number of fused-ring (bicyclic) bond motifs is 5. The summed E-state index contributed by atoms with van der Waals surface area (Å²) in [5, 5.41) is 2.14. The number of hydrogen-bond donors (Lipinski definition) is 0. The lowest BCUT2D eigenvalue weighted by molar-refractivity contribution is -0.134. The second-order valence-corrected chi connectivity index (χ2v) is 7.35. The van der Waals surface area contributed by atoms with E-state index in [9.17, 15) is 4.79 Å². The van der Waals surface area contributed by atoms with Crippen LogP contribution in [0.3, 0.4) is 0 Å². The molecule has 0 bridgehead atoms. The number of carbonyl (C=O) groups is 1. The van der Waals surface area contributed by atoms with E-state index in [-0.39, 0.29) is 6.79 Å². The lowest BCUT2D eigenvalue weighted by Gasteiger charge is -2.14. The predicted octanol–water partition coefficient (Wildman–Crippen LogP) is 5.14.